The zero-order valence-corrected chi connectivity index (χ0v) is 9.73. The number of rotatable bonds is 4. The van der Waals surface area contributed by atoms with Crippen molar-refractivity contribution >= 4 is 9.84 Å². The summed E-state index contributed by atoms with van der Waals surface area (Å²) in [5.41, 5.74) is 0. The summed E-state index contributed by atoms with van der Waals surface area (Å²) in [6.07, 6.45) is 3.22. The average Bonchev–Trinajstić information content (AvgIpc) is 2.14. The van der Waals surface area contributed by atoms with Crippen molar-refractivity contribution in [3.05, 3.63) is 0 Å². The minimum atomic E-state index is -2.97. The molecule has 4 nitrogen and oxygen atoms in total. The van der Waals surface area contributed by atoms with Gasteiger partial charge in [-0.05, 0) is 38.4 Å². The molecule has 14 heavy (non-hydrogen) atoms. The van der Waals surface area contributed by atoms with E-state index in [1.165, 1.54) is 6.26 Å². The maximum absolute atomic E-state index is 11.5. The quantitative estimate of drug-likeness (QED) is 0.698. The Bertz CT molecular complexity index is 258. The standard InChI is InChI=1S/C9H20N2O2S/c1-3-11-9(14(2,12)13)8-4-6-10-7-5-8/h8-11H,3-7H2,1-2H3. The van der Waals surface area contributed by atoms with E-state index in [2.05, 4.69) is 10.6 Å². The first kappa shape index (κ1) is 11.9. The van der Waals surface area contributed by atoms with E-state index in [1.54, 1.807) is 0 Å². The van der Waals surface area contributed by atoms with Crippen LogP contribution in [0.3, 0.4) is 0 Å². The van der Waals surface area contributed by atoms with E-state index in [0.29, 0.717) is 6.54 Å². The minimum absolute atomic E-state index is 0.270. The van der Waals surface area contributed by atoms with Gasteiger partial charge < -0.3 is 10.6 Å². The van der Waals surface area contributed by atoms with E-state index in [9.17, 15) is 8.42 Å². The fraction of sp³-hybridized carbons (Fsp3) is 1.00. The van der Waals surface area contributed by atoms with Crippen LogP contribution >= 0.6 is 0 Å². The Balaban J connectivity index is 2.66. The van der Waals surface area contributed by atoms with Crippen LogP contribution in [0.1, 0.15) is 19.8 Å². The second-order valence-corrected chi connectivity index (χ2v) is 6.06. The second kappa shape index (κ2) is 5.09. The van der Waals surface area contributed by atoms with Gasteiger partial charge in [0.2, 0.25) is 0 Å². The molecule has 0 spiro atoms. The molecule has 0 amide bonds. The van der Waals surface area contributed by atoms with Crippen molar-refractivity contribution < 1.29 is 8.42 Å². The van der Waals surface area contributed by atoms with Gasteiger partial charge in [-0.2, -0.15) is 0 Å². The molecular formula is C9H20N2O2S. The number of nitrogens with one attached hydrogen (secondary N) is 2. The summed E-state index contributed by atoms with van der Waals surface area (Å²) in [5.74, 6) is 0.270. The van der Waals surface area contributed by atoms with Crippen LogP contribution in [-0.4, -0.2) is 39.7 Å². The van der Waals surface area contributed by atoms with Crippen LogP contribution in [0, 0.1) is 5.92 Å². The highest BCUT2D eigenvalue weighted by Gasteiger charge is 2.30. The summed E-state index contributed by atoms with van der Waals surface area (Å²) in [4.78, 5) is 0. The third kappa shape index (κ3) is 3.22. The fourth-order valence-corrected chi connectivity index (χ4v) is 3.46. The molecule has 0 aromatic carbocycles. The highest BCUT2D eigenvalue weighted by atomic mass is 32.2. The third-order valence-corrected chi connectivity index (χ3v) is 4.15. The van der Waals surface area contributed by atoms with Crippen molar-refractivity contribution in [2.45, 2.75) is 25.1 Å². The SMILES string of the molecule is CCNC(C1CCNCC1)S(C)(=O)=O. The molecule has 0 aromatic rings. The lowest BCUT2D eigenvalue weighted by molar-refractivity contribution is 0.331. The predicted molar refractivity (Wildman–Crippen MR) is 57.9 cm³/mol. The Morgan fingerprint density at radius 1 is 1.43 bits per heavy atom. The maximum Gasteiger partial charge on any atom is 0.163 e. The van der Waals surface area contributed by atoms with Crippen molar-refractivity contribution in [1.82, 2.24) is 10.6 Å². The van der Waals surface area contributed by atoms with Crippen LogP contribution in [0.2, 0.25) is 0 Å². The van der Waals surface area contributed by atoms with Gasteiger partial charge in [-0.1, -0.05) is 6.92 Å². The molecule has 1 atom stereocenters. The zero-order valence-electron chi connectivity index (χ0n) is 8.91. The number of sulfone groups is 1. The molecule has 1 fully saturated rings. The highest BCUT2D eigenvalue weighted by Crippen LogP contribution is 2.19. The van der Waals surface area contributed by atoms with E-state index in [0.717, 1.165) is 25.9 Å². The molecule has 1 saturated heterocycles. The van der Waals surface area contributed by atoms with Crippen molar-refractivity contribution in [3.63, 3.8) is 0 Å². The molecule has 1 aliphatic heterocycles. The Kier molecular flexibility index (Phi) is 4.34. The summed E-state index contributed by atoms with van der Waals surface area (Å²) < 4.78 is 23.1. The lowest BCUT2D eigenvalue weighted by Crippen LogP contribution is -2.46. The first-order valence-electron chi connectivity index (χ1n) is 5.18. The van der Waals surface area contributed by atoms with Crippen LogP contribution in [-0.2, 0) is 9.84 Å². The van der Waals surface area contributed by atoms with E-state index < -0.39 is 9.84 Å². The summed E-state index contributed by atoms with van der Waals surface area (Å²) >= 11 is 0. The molecule has 84 valence electrons. The summed E-state index contributed by atoms with van der Waals surface area (Å²) in [7, 11) is -2.97. The summed E-state index contributed by atoms with van der Waals surface area (Å²) in [5, 5.41) is 5.96. The molecular weight excluding hydrogens is 200 g/mol. The molecule has 1 rings (SSSR count). The molecule has 0 radical (unpaired) electrons. The minimum Gasteiger partial charge on any atom is -0.317 e. The molecule has 0 aliphatic carbocycles. The van der Waals surface area contributed by atoms with E-state index in [1.807, 2.05) is 6.92 Å². The van der Waals surface area contributed by atoms with E-state index >= 15 is 0 Å². The monoisotopic (exact) mass is 220 g/mol. The van der Waals surface area contributed by atoms with Crippen LogP contribution in [0.25, 0.3) is 0 Å². The van der Waals surface area contributed by atoms with Crippen molar-refractivity contribution in [3.8, 4) is 0 Å². The van der Waals surface area contributed by atoms with Gasteiger partial charge in [-0.15, -0.1) is 0 Å². The van der Waals surface area contributed by atoms with E-state index in [4.69, 9.17) is 0 Å². The summed E-state index contributed by atoms with van der Waals surface area (Å²) in [6, 6.07) is 0. The Hall–Kier alpha value is -0.130. The zero-order chi connectivity index (χ0) is 10.6. The number of piperidine rings is 1. The lowest BCUT2D eigenvalue weighted by Gasteiger charge is -2.29. The van der Waals surface area contributed by atoms with Gasteiger partial charge >= 0.3 is 0 Å². The Morgan fingerprint density at radius 3 is 2.43 bits per heavy atom. The average molecular weight is 220 g/mol. The number of hydrogen-bond donors (Lipinski definition) is 2. The summed E-state index contributed by atoms with van der Waals surface area (Å²) in [6.45, 7) is 4.52. The second-order valence-electron chi connectivity index (χ2n) is 3.90. The lowest BCUT2D eigenvalue weighted by atomic mass is 9.98. The first-order valence-corrected chi connectivity index (χ1v) is 7.14. The van der Waals surface area contributed by atoms with Gasteiger partial charge in [0.25, 0.3) is 0 Å². The van der Waals surface area contributed by atoms with Crippen molar-refractivity contribution in [2.75, 3.05) is 25.9 Å². The third-order valence-electron chi connectivity index (χ3n) is 2.68. The van der Waals surface area contributed by atoms with Gasteiger partial charge in [0.1, 0.15) is 5.37 Å². The molecule has 0 aromatic heterocycles. The predicted octanol–water partition coefficient (Wildman–Crippen LogP) is -0.0338. The molecule has 1 unspecified atom stereocenters. The van der Waals surface area contributed by atoms with Crippen LogP contribution in [0.4, 0.5) is 0 Å². The van der Waals surface area contributed by atoms with Gasteiger partial charge in [0, 0.05) is 6.26 Å². The fourth-order valence-electron chi connectivity index (χ4n) is 2.02. The smallest absolute Gasteiger partial charge is 0.163 e. The van der Waals surface area contributed by atoms with Gasteiger partial charge in [0.15, 0.2) is 9.84 Å². The molecule has 1 heterocycles. The van der Waals surface area contributed by atoms with Gasteiger partial charge in [0.05, 0.1) is 0 Å². The van der Waals surface area contributed by atoms with E-state index in [-0.39, 0.29) is 11.3 Å². The van der Waals surface area contributed by atoms with Gasteiger partial charge in [-0.3, -0.25) is 0 Å². The topological polar surface area (TPSA) is 58.2 Å². The molecule has 0 bridgehead atoms. The maximum atomic E-state index is 11.5. The Morgan fingerprint density at radius 2 is 2.00 bits per heavy atom. The van der Waals surface area contributed by atoms with Crippen LogP contribution in [0.5, 0.6) is 0 Å². The van der Waals surface area contributed by atoms with Crippen LogP contribution < -0.4 is 10.6 Å². The van der Waals surface area contributed by atoms with Crippen LogP contribution in [0.15, 0.2) is 0 Å². The molecule has 2 N–H and O–H groups in total. The Labute approximate surface area is 86.4 Å². The molecule has 1 aliphatic rings. The largest absolute Gasteiger partial charge is 0.317 e. The molecule has 0 saturated carbocycles. The number of hydrogen-bond acceptors (Lipinski definition) is 4. The normalized spacial score (nSPS) is 22.1. The van der Waals surface area contributed by atoms with Crippen molar-refractivity contribution in [2.24, 2.45) is 5.92 Å². The highest BCUT2D eigenvalue weighted by molar-refractivity contribution is 7.91. The first-order chi connectivity index (χ1) is 6.55. The molecule has 5 heteroatoms. The van der Waals surface area contributed by atoms with Crippen molar-refractivity contribution in [1.29, 1.82) is 0 Å². The van der Waals surface area contributed by atoms with Gasteiger partial charge in [-0.25, -0.2) is 8.42 Å².